The monoisotopic (exact) mass is 543 g/mol. The van der Waals surface area contributed by atoms with Crippen molar-refractivity contribution in [2.24, 2.45) is 5.92 Å². The molecule has 1 unspecified atom stereocenters. The molecule has 0 aromatic heterocycles. The van der Waals surface area contributed by atoms with E-state index in [9.17, 15) is 18.0 Å². The van der Waals surface area contributed by atoms with Gasteiger partial charge in [0.15, 0.2) is 5.78 Å². The number of Topliss-reactive ketones (excluding diaryl/α,β-unsaturated/α-hetero) is 1. The Morgan fingerprint density at radius 3 is 2.32 bits per heavy atom. The van der Waals surface area contributed by atoms with Gasteiger partial charge in [0.1, 0.15) is 0 Å². The van der Waals surface area contributed by atoms with Crippen molar-refractivity contribution < 1.29 is 22.7 Å². The lowest BCUT2D eigenvalue weighted by molar-refractivity contribution is -0.149. The van der Waals surface area contributed by atoms with Crippen LogP contribution in [-0.2, 0) is 19.6 Å². The van der Waals surface area contributed by atoms with Crippen molar-refractivity contribution in [3.63, 3.8) is 0 Å². The summed E-state index contributed by atoms with van der Waals surface area (Å²) in [5.41, 5.74) is 2.75. The topological polar surface area (TPSA) is 96.0 Å². The summed E-state index contributed by atoms with van der Waals surface area (Å²) >= 11 is 0. The number of rotatable bonds is 13. The fourth-order valence-electron chi connectivity index (χ4n) is 4.91. The van der Waals surface area contributed by atoms with Crippen molar-refractivity contribution in [1.82, 2.24) is 14.5 Å². The van der Waals surface area contributed by atoms with Crippen LogP contribution in [0.3, 0.4) is 0 Å². The van der Waals surface area contributed by atoms with Crippen LogP contribution in [-0.4, -0.2) is 75.3 Å². The van der Waals surface area contributed by atoms with E-state index in [-0.39, 0.29) is 48.2 Å². The van der Waals surface area contributed by atoms with E-state index in [1.54, 1.807) is 19.1 Å². The smallest absolute Gasteiger partial charge is 0.309 e. The Labute approximate surface area is 227 Å². The van der Waals surface area contributed by atoms with Gasteiger partial charge in [0.05, 0.1) is 24.0 Å². The number of likely N-dealkylation sites (N-methyl/N-ethyl adjacent to an activating group) is 1. The van der Waals surface area contributed by atoms with Crippen LogP contribution in [0, 0.1) is 12.8 Å². The molecule has 0 bridgehead atoms. The number of sulfonamides is 1. The highest BCUT2D eigenvalue weighted by Gasteiger charge is 2.33. The maximum absolute atomic E-state index is 13.3. The first-order chi connectivity index (χ1) is 18.2. The lowest BCUT2D eigenvalue weighted by atomic mass is 9.98. The first kappa shape index (κ1) is 30.0. The van der Waals surface area contributed by atoms with Crippen LogP contribution in [0.2, 0.25) is 0 Å². The molecule has 0 amide bonds. The third-order valence-corrected chi connectivity index (χ3v) is 9.10. The Morgan fingerprint density at radius 1 is 1.05 bits per heavy atom. The highest BCUT2D eigenvalue weighted by molar-refractivity contribution is 7.89. The van der Waals surface area contributed by atoms with Gasteiger partial charge in [0.2, 0.25) is 10.0 Å². The Balaban J connectivity index is 1.63. The van der Waals surface area contributed by atoms with E-state index in [1.807, 2.05) is 0 Å². The van der Waals surface area contributed by atoms with E-state index in [4.69, 9.17) is 4.74 Å². The van der Waals surface area contributed by atoms with E-state index in [0.717, 1.165) is 13.1 Å². The molecular formula is C29H41N3O5S. The number of piperidine rings is 1. The zero-order valence-electron chi connectivity index (χ0n) is 23.0. The Morgan fingerprint density at radius 2 is 1.71 bits per heavy atom. The molecular weight excluding hydrogens is 502 g/mol. The number of nitrogens with zero attached hydrogens (tertiary/aromatic N) is 2. The van der Waals surface area contributed by atoms with Crippen LogP contribution in [0.5, 0.6) is 0 Å². The second-order valence-electron chi connectivity index (χ2n) is 9.66. The molecule has 0 spiro atoms. The molecule has 208 valence electrons. The summed E-state index contributed by atoms with van der Waals surface area (Å²) in [6.45, 7) is 11.4. The van der Waals surface area contributed by atoms with Crippen LogP contribution >= 0.6 is 0 Å². The Hall–Kier alpha value is -2.59. The van der Waals surface area contributed by atoms with E-state index in [2.05, 4.69) is 55.3 Å². The van der Waals surface area contributed by atoms with Gasteiger partial charge in [0.25, 0.3) is 0 Å². The molecule has 9 heteroatoms. The molecule has 0 aliphatic carbocycles. The van der Waals surface area contributed by atoms with E-state index in [0.29, 0.717) is 31.6 Å². The molecule has 1 fully saturated rings. The first-order valence-corrected chi connectivity index (χ1v) is 15.0. The number of carbonyl (C=O) groups is 2. The summed E-state index contributed by atoms with van der Waals surface area (Å²) in [4.78, 5) is 27.5. The summed E-state index contributed by atoms with van der Waals surface area (Å²) < 4.78 is 33.0. The predicted molar refractivity (Wildman–Crippen MR) is 149 cm³/mol. The van der Waals surface area contributed by atoms with Crippen LogP contribution in [0.1, 0.15) is 61.1 Å². The van der Waals surface area contributed by atoms with E-state index >= 15 is 0 Å². The highest BCUT2D eigenvalue weighted by atomic mass is 32.2. The summed E-state index contributed by atoms with van der Waals surface area (Å²) in [5, 5.41) is 3.30. The number of benzene rings is 2. The van der Waals surface area contributed by atoms with Crippen molar-refractivity contribution >= 4 is 21.8 Å². The minimum absolute atomic E-state index is 0.0959. The molecule has 1 aliphatic rings. The lowest BCUT2D eigenvalue weighted by Gasteiger charge is -2.30. The van der Waals surface area contributed by atoms with Crippen molar-refractivity contribution in [3.8, 4) is 0 Å². The van der Waals surface area contributed by atoms with Crippen LogP contribution in [0.4, 0.5) is 0 Å². The molecule has 0 radical (unpaired) electrons. The van der Waals surface area contributed by atoms with Crippen molar-refractivity contribution in [2.75, 3.05) is 45.9 Å². The normalized spacial score (nSPS) is 15.9. The molecule has 8 nitrogen and oxygen atoms in total. The molecule has 2 aromatic carbocycles. The first-order valence-electron chi connectivity index (χ1n) is 13.5. The average Bonchev–Trinajstić information content (AvgIpc) is 2.93. The molecule has 2 aromatic rings. The third-order valence-electron chi connectivity index (χ3n) is 7.21. The van der Waals surface area contributed by atoms with Gasteiger partial charge in [-0.05, 0) is 57.5 Å². The SMILES string of the molecule is CCOC(=O)C1CCN(S(=O)(=O)c2cccc(C(=O)CNCC(c3ccc(C)cc3)N(CC)CC)c2)CC1. The van der Waals surface area contributed by atoms with Gasteiger partial charge in [-0.15, -0.1) is 0 Å². The van der Waals surface area contributed by atoms with Crippen LogP contribution in [0.15, 0.2) is 53.4 Å². The number of carbonyl (C=O) groups excluding carboxylic acids is 2. The lowest BCUT2D eigenvalue weighted by Crippen LogP contribution is -2.40. The van der Waals surface area contributed by atoms with Gasteiger partial charge >= 0.3 is 5.97 Å². The highest BCUT2D eigenvalue weighted by Crippen LogP contribution is 2.25. The number of aryl methyl sites for hydroxylation is 1. The number of nitrogens with one attached hydrogen (secondary N) is 1. The van der Waals surface area contributed by atoms with Crippen molar-refractivity contribution in [2.45, 2.75) is 51.5 Å². The van der Waals surface area contributed by atoms with Gasteiger partial charge in [-0.1, -0.05) is 55.8 Å². The van der Waals surface area contributed by atoms with Crippen LogP contribution < -0.4 is 5.32 Å². The van der Waals surface area contributed by atoms with Gasteiger partial charge in [-0.3, -0.25) is 14.5 Å². The zero-order valence-corrected chi connectivity index (χ0v) is 23.8. The number of ether oxygens (including phenoxy) is 1. The minimum Gasteiger partial charge on any atom is -0.466 e. The predicted octanol–water partition coefficient (Wildman–Crippen LogP) is 3.81. The molecule has 3 rings (SSSR count). The minimum atomic E-state index is -3.77. The standard InChI is InChI=1S/C29H41N3O5S/c1-5-31(6-2)27(23-13-11-22(4)12-14-23)20-30-21-28(33)25-9-8-10-26(19-25)38(35,36)32-17-15-24(16-18-32)29(34)37-7-3/h8-14,19,24,27,30H,5-7,15-18,20-21H2,1-4H3. The maximum atomic E-state index is 13.3. The number of hydrogen-bond donors (Lipinski definition) is 1. The van der Waals surface area contributed by atoms with Gasteiger partial charge < -0.3 is 10.1 Å². The number of ketones is 1. The molecule has 38 heavy (non-hydrogen) atoms. The number of hydrogen-bond acceptors (Lipinski definition) is 7. The zero-order chi connectivity index (χ0) is 27.7. The summed E-state index contributed by atoms with van der Waals surface area (Å²) in [6.07, 6.45) is 0.852. The van der Waals surface area contributed by atoms with Gasteiger partial charge in [-0.2, -0.15) is 4.31 Å². The maximum Gasteiger partial charge on any atom is 0.309 e. The molecule has 0 saturated carbocycles. The average molecular weight is 544 g/mol. The summed E-state index contributed by atoms with van der Waals surface area (Å²) in [5.74, 6) is -0.707. The van der Waals surface area contributed by atoms with Gasteiger partial charge in [0, 0.05) is 31.2 Å². The Kier molecular flexibility index (Phi) is 11.0. The fourth-order valence-corrected chi connectivity index (χ4v) is 6.42. The Bertz CT molecular complexity index is 1170. The second kappa shape index (κ2) is 14.0. The fraction of sp³-hybridized carbons (Fsp3) is 0.517. The van der Waals surface area contributed by atoms with Crippen molar-refractivity contribution in [1.29, 1.82) is 0 Å². The third kappa shape index (κ3) is 7.50. The summed E-state index contributed by atoms with van der Waals surface area (Å²) in [6, 6.07) is 14.8. The van der Waals surface area contributed by atoms with E-state index < -0.39 is 10.0 Å². The molecule has 1 N–H and O–H groups in total. The molecule has 1 aliphatic heterocycles. The van der Waals surface area contributed by atoms with Gasteiger partial charge in [-0.25, -0.2) is 8.42 Å². The quantitative estimate of drug-likeness (QED) is 0.303. The van der Waals surface area contributed by atoms with E-state index in [1.165, 1.54) is 27.6 Å². The molecule has 1 atom stereocenters. The second-order valence-corrected chi connectivity index (χ2v) is 11.6. The molecule has 1 heterocycles. The number of esters is 1. The van der Waals surface area contributed by atoms with Crippen molar-refractivity contribution in [3.05, 3.63) is 65.2 Å². The van der Waals surface area contributed by atoms with Crippen LogP contribution in [0.25, 0.3) is 0 Å². The largest absolute Gasteiger partial charge is 0.466 e. The summed E-state index contributed by atoms with van der Waals surface area (Å²) in [7, 11) is -3.77. The molecule has 1 saturated heterocycles.